The minimum atomic E-state index is -0.144. The second-order valence-corrected chi connectivity index (χ2v) is 5.75. The van der Waals surface area contributed by atoms with Crippen LogP contribution in [0.1, 0.15) is 12.5 Å². The average Bonchev–Trinajstić information content (AvgIpc) is 2.53. The normalized spacial score (nSPS) is 15.2. The molecule has 0 spiro atoms. The summed E-state index contributed by atoms with van der Waals surface area (Å²) in [4.78, 5) is 27.7. The van der Waals surface area contributed by atoms with Gasteiger partial charge in [-0.15, -0.1) is 0 Å². The molecule has 6 heteroatoms. The Morgan fingerprint density at radius 3 is 2.70 bits per heavy atom. The Kier molecular flexibility index (Phi) is 6.55. The van der Waals surface area contributed by atoms with E-state index in [9.17, 15) is 9.59 Å². The van der Waals surface area contributed by atoms with Crippen LogP contribution in [0, 0.1) is 6.92 Å². The van der Waals surface area contributed by atoms with Gasteiger partial charge in [0.05, 0.1) is 13.2 Å². The summed E-state index contributed by atoms with van der Waals surface area (Å²) in [7, 11) is 0. The summed E-state index contributed by atoms with van der Waals surface area (Å²) in [5.74, 6) is -0.283. The summed E-state index contributed by atoms with van der Waals surface area (Å²) in [6, 6.07) is 7.60. The first-order valence-electron chi connectivity index (χ1n) is 7.98. The summed E-state index contributed by atoms with van der Waals surface area (Å²) in [5.41, 5.74) is 1.81. The molecular formula is C17H25N3O3. The van der Waals surface area contributed by atoms with Crippen molar-refractivity contribution in [3.63, 3.8) is 0 Å². The Morgan fingerprint density at radius 2 is 2.04 bits per heavy atom. The predicted octanol–water partition coefficient (Wildman–Crippen LogP) is 0.796. The van der Waals surface area contributed by atoms with E-state index >= 15 is 0 Å². The molecule has 0 aromatic heterocycles. The number of carbonyl (C=O) groups excluding carboxylic acids is 2. The van der Waals surface area contributed by atoms with Crippen molar-refractivity contribution in [2.75, 3.05) is 50.8 Å². The zero-order valence-corrected chi connectivity index (χ0v) is 13.9. The smallest absolute Gasteiger partial charge is 0.240 e. The molecular weight excluding hydrogens is 294 g/mol. The summed E-state index contributed by atoms with van der Waals surface area (Å²) >= 11 is 0. The van der Waals surface area contributed by atoms with E-state index in [0.29, 0.717) is 6.54 Å². The minimum absolute atomic E-state index is 0.0435. The molecule has 6 nitrogen and oxygen atoms in total. The fourth-order valence-electron chi connectivity index (χ4n) is 2.56. The number of amides is 2. The van der Waals surface area contributed by atoms with E-state index in [2.05, 4.69) is 10.2 Å². The van der Waals surface area contributed by atoms with Crippen molar-refractivity contribution in [3.8, 4) is 0 Å². The van der Waals surface area contributed by atoms with Gasteiger partial charge in [-0.25, -0.2) is 0 Å². The van der Waals surface area contributed by atoms with Gasteiger partial charge < -0.3 is 15.0 Å². The Morgan fingerprint density at radius 1 is 1.30 bits per heavy atom. The third-order valence-corrected chi connectivity index (χ3v) is 3.85. The van der Waals surface area contributed by atoms with Crippen LogP contribution in [0.4, 0.5) is 5.69 Å². The zero-order valence-electron chi connectivity index (χ0n) is 13.9. The van der Waals surface area contributed by atoms with Crippen LogP contribution in [-0.4, -0.2) is 62.7 Å². The summed E-state index contributed by atoms with van der Waals surface area (Å²) in [6.07, 6.45) is 0. The number of ether oxygens (including phenoxy) is 1. The fraction of sp³-hybridized carbons (Fsp3) is 0.529. The van der Waals surface area contributed by atoms with Crippen LogP contribution >= 0.6 is 0 Å². The van der Waals surface area contributed by atoms with Gasteiger partial charge in [-0.1, -0.05) is 12.1 Å². The Balaban J connectivity index is 1.82. The summed E-state index contributed by atoms with van der Waals surface area (Å²) in [5, 5.41) is 2.88. The number of nitrogens with one attached hydrogen (secondary N) is 1. The molecule has 1 N–H and O–H groups in total. The Labute approximate surface area is 137 Å². The van der Waals surface area contributed by atoms with Gasteiger partial charge in [0.2, 0.25) is 11.8 Å². The van der Waals surface area contributed by atoms with Crippen molar-refractivity contribution in [2.24, 2.45) is 0 Å². The third kappa shape index (κ3) is 5.65. The molecule has 1 aromatic carbocycles. The lowest BCUT2D eigenvalue weighted by Crippen LogP contribution is -2.44. The van der Waals surface area contributed by atoms with E-state index < -0.39 is 0 Å². The van der Waals surface area contributed by atoms with Gasteiger partial charge in [0.1, 0.15) is 6.54 Å². The first-order chi connectivity index (χ1) is 11.1. The van der Waals surface area contributed by atoms with E-state index in [1.54, 1.807) is 0 Å². The van der Waals surface area contributed by atoms with E-state index in [4.69, 9.17) is 4.74 Å². The van der Waals surface area contributed by atoms with Crippen molar-refractivity contribution in [1.82, 2.24) is 10.2 Å². The molecule has 0 unspecified atom stereocenters. The molecule has 1 aliphatic heterocycles. The number of benzene rings is 1. The van der Waals surface area contributed by atoms with Crippen LogP contribution in [0.2, 0.25) is 0 Å². The van der Waals surface area contributed by atoms with E-state index in [1.807, 2.05) is 31.2 Å². The average molecular weight is 319 g/mol. The van der Waals surface area contributed by atoms with Crippen LogP contribution in [-0.2, 0) is 14.3 Å². The number of aryl methyl sites for hydroxylation is 1. The highest BCUT2D eigenvalue weighted by molar-refractivity contribution is 5.97. The van der Waals surface area contributed by atoms with E-state index in [1.165, 1.54) is 11.8 Å². The Hall–Kier alpha value is -1.92. The zero-order chi connectivity index (χ0) is 16.7. The van der Waals surface area contributed by atoms with Gasteiger partial charge in [0.25, 0.3) is 0 Å². The molecule has 0 bridgehead atoms. The summed E-state index contributed by atoms with van der Waals surface area (Å²) < 4.78 is 5.29. The topological polar surface area (TPSA) is 61.9 Å². The quantitative estimate of drug-likeness (QED) is 0.842. The van der Waals surface area contributed by atoms with Crippen LogP contribution in [0.15, 0.2) is 24.3 Å². The van der Waals surface area contributed by atoms with E-state index in [-0.39, 0.29) is 18.4 Å². The predicted molar refractivity (Wildman–Crippen MR) is 89.5 cm³/mol. The highest BCUT2D eigenvalue weighted by Gasteiger charge is 2.16. The largest absolute Gasteiger partial charge is 0.379 e. The number of anilines is 1. The number of hydrogen-bond acceptors (Lipinski definition) is 4. The molecule has 1 aromatic rings. The molecule has 23 heavy (non-hydrogen) atoms. The van der Waals surface area contributed by atoms with Crippen molar-refractivity contribution >= 4 is 17.5 Å². The molecule has 0 atom stereocenters. The van der Waals surface area contributed by atoms with Gasteiger partial charge in [-0.3, -0.25) is 14.5 Å². The molecule has 1 fully saturated rings. The third-order valence-electron chi connectivity index (χ3n) is 3.85. The lowest BCUT2D eigenvalue weighted by molar-refractivity contribution is -0.123. The molecule has 1 aliphatic rings. The second kappa shape index (κ2) is 8.64. The minimum Gasteiger partial charge on any atom is -0.379 e. The van der Waals surface area contributed by atoms with Gasteiger partial charge in [0, 0.05) is 38.8 Å². The molecule has 2 rings (SSSR count). The number of morpholine rings is 1. The number of carbonyl (C=O) groups is 2. The maximum atomic E-state index is 12.1. The van der Waals surface area contributed by atoms with Crippen molar-refractivity contribution in [1.29, 1.82) is 0 Å². The lowest BCUT2D eigenvalue weighted by atomic mass is 10.2. The van der Waals surface area contributed by atoms with E-state index in [0.717, 1.165) is 44.1 Å². The van der Waals surface area contributed by atoms with Crippen LogP contribution in [0.3, 0.4) is 0 Å². The molecule has 126 valence electrons. The SMILES string of the molecule is CC(=O)N(CC(=O)NCCN1CCOCC1)c1cccc(C)c1. The van der Waals surface area contributed by atoms with Crippen molar-refractivity contribution < 1.29 is 14.3 Å². The standard InChI is InChI=1S/C17H25N3O3/c1-14-4-3-5-16(12-14)20(15(2)21)13-17(22)18-6-7-19-8-10-23-11-9-19/h3-5,12H,6-11,13H2,1-2H3,(H,18,22). The summed E-state index contributed by atoms with van der Waals surface area (Å²) in [6.45, 7) is 8.17. The molecule has 1 heterocycles. The second-order valence-electron chi connectivity index (χ2n) is 5.75. The number of hydrogen-bond donors (Lipinski definition) is 1. The molecule has 0 saturated carbocycles. The Bertz CT molecular complexity index is 542. The monoisotopic (exact) mass is 319 g/mol. The highest BCUT2D eigenvalue weighted by atomic mass is 16.5. The molecule has 0 radical (unpaired) electrons. The van der Waals surface area contributed by atoms with Gasteiger partial charge in [-0.05, 0) is 24.6 Å². The molecule has 2 amide bonds. The van der Waals surface area contributed by atoms with Crippen molar-refractivity contribution in [2.45, 2.75) is 13.8 Å². The lowest BCUT2D eigenvalue weighted by Gasteiger charge is -2.26. The van der Waals surface area contributed by atoms with Gasteiger partial charge in [-0.2, -0.15) is 0 Å². The first kappa shape index (κ1) is 17.4. The molecule has 0 aliphatic carbocycles. The van der Waals surface area contributed by atoms with Gasteiger partial charge >= 0.3 is 0 Å². The molecule has 1 saturated heterocycles. The van der Waals surface area contributed by atoms with Crippen LogP contribution < -0.4 is 10.2 Å². The van der Waals surface area contributed by atoms with Crippen LogP contribution in [0.5, 0.6) is 0 Å². The maximum Gasteiger partial charge on any atom is 0.240 e. The fourth-order valence-corrected chi connectivity index (χ4v) is 2.56. The first-order valence-corrected chi connectivity index (χ1v) is 7.98. The van der Waals surface area contributed by atoms with Gasteiger partial charge in [0.15, 0.2) is 0 Å². The highest BCUT2D eigenvalue weighted by Crippen LogP contribution is 2.15. The van der Waals surface area contributed by atoms with Crippen LogP contribution in [0.25, 0.3) is 0 Å². The number of rotatable bonds is 6. The van der Waals surface area contributed by atoms with Crippen molar-refractivity contribution in [3.05, 3.63) is 29.8 Å². The number of nitrogens with zero attached hydrogens (tertiary/aromatic N) is 2. The maximum absolute atomic E-state index is 12.1.